The first kappa shape index (κ1) is 13.3. The molecule has 1 heterocycles. The molecule has 0 aliphatic heterocycles. The summed E-state index contributed by atoms with van der Waals surface area (Å²) in [7, 11) is 0. The van der Waals surface area contributed by atoms with Gasteiger partial charge in [-0.25, -0.2) is 4.98 Å². The standard InChI is InChI=1S/C11H7ClF3NOS/c12-8-5-16-10(18-8)9(17)6-2-1-3-7(4-6)11(13,14)15/h1-5,9,17H. The van der Waals surface area contributed by atoms with Crippen molar-refractivity contribution in [1.82, 2.24) is 4.98 Å². The van der Waals surface area contributed by atoms with E-state index in [2.05, 4.69) is 4.98 Å². The Hall–Kier alpha value is -1.11. The number of benzene rings is 1. The Bertz CT molecular complexity index is 555. The van der Waals surface area contributed by atoms with Gasteiger partial charge < -0.3 is 5.11 Å². The van der Waals surface area contributed by atoms with Crippen molar-refractivity contribution < 1.29 is 18.3 Å². The van der Waals surface area contributed by atoms with Crippen molar-refractivity contribution in [2.45, 2.75) is 12.3 Å². The van der Waals surface area contributed by atoms with Gasteiger partial charge in [0.1, 0.15) is 15.4 Å². The summed E-state index contributed by atoms with van der Waals surface area (Å²) in [5, 5.41) is 10.2. The molecule has 1 atom stereocenters. The highest BCUT2D eigenvalue weighted by atomic mass is 35.5. The lowest BCUT2D eigenvalue weighted by atomic mass is 10.1. The number of rotatable bonds is 2. The van der Waals surface area contributed by atoms with Crippen LogP contribution in [0.3, 0.4) is 0 Å². The van der Waals surface area contributed by atoms with Gasteiger partial charge in [0.25, 0.3) is 0 Å². The molecule has 2 rings (SSSR count). The van der Waals surface area contributed by atoms with Crippen molar-refractivity contribution in [2.75, 3.05) is 0 Å². The van der Waals surface area contributed by atoms with E-state index in [-0.39, 0.29) is 10.6 Å². The lowest BCUT2D eigenvalue weighted by Gasteiger charge is -2.11. The van der Waals surface area contributed by atoms with Gasteiger partial charge in [0.15, 0.2) is 0 Å². The molecule has 0 spiro atoms. The lowest BCUT2D eigenvalue weighted by Crippen LogP contribution is -2.07. The number of hydrogen-bond donors (Lipinski definition) is 1. The fraction of sp³-hybridized carbons (Fsp3) is 0.182. The normalized spacial score (nSPS) is 13.6. The molecule has 0 fully saturated rings. The molecular weight excluding hydrogens is 287 g/mol. The van der Waals surface area contributed by atoms with E-state index in [0.29, 0.717) is 4.34 Å². The minimum Gasteiger partial charge on any atom is -0.381 e. The topological polar surface area (TPSA) is 33.1 Å². The van der Waals surface area contributed by atoms with Gasteiger partial charge in [-0.05, 0) is 17.7 Å². The van der Waals surface area contributed by atoms with Crippen LogP contribution in [-0.4, -0.2) is 10.1 Å². The van der Waals surface area contributed by atoms with Gasteiger partial charge >= 0.3 is 6.18 Å². The highest BCUT2D eigenvalue weighted by Gasteiger charge is 2.31. The highest BCUT2D eigenvalue weighted by molar-refractivity contribution is 7.15. The Labute approximate surface area is 110 Å². The fourth-order valence-electron chi connectivity index (χ4n) is 1.42. The first-order chi connectivity index (χ1) is 8.38. The zero-order valence-electron chi connectivity index (χ0n) is 8.78. The van der Waals surface area contributed by atoms with Crippen LogP contribution in [-0.2, 0) is 6.18 Å². The maximum absolute atomic E-state index is 12.5. The summed E-state index contributed by atoms with van der Waals surface area (Å²) in [4.78, 5) is 3.84. The number of nitrogens with zero attached hydrogens (tertiary/aromatic N) is 1. The fourth-order valence-corrected chi connectivity index (χ4v) is 2.37. The van der Waals surface area contributed by atoms with Crippen LogP contribution in [0.15, 0.2) is 30.5 Å². The third-order valence-corrected chi connectivity index (χ3v) is 3.43. The van der Waals surface area contributed by atoms with Crippen LogP contribution in [0, 0.1) is 0 Å². The summed E-state index contributed by atoms with van der Waals surface area (Å²) in [6.45, 7) is 0. The van der Waals surface area contributed by atoms with E-state index in [1.165, 1.54) is 18.3 Å². The van der Waals surface area contributed by atoms with Crippen LogP contribution in [0.1, 0.15) is 22.2 Å². The van der Waals surface area contributed by atoms with Gasteiger partial charge in [-0.1, -0.05) is 23.7 Å². The minimum absolute atomic E-state index is 0.135. The number of thiazole rings is 1. The summed E-state index contributed by atoms with van der Waals surface area (Å²) in [6.07, 6.45) is -4.29. The molecule has 0 aliphatic carbocycles. The Morgan fingerprint density at radius 2 is 2.06 bits per heavy atom. The predicted octanol–water partition coefficient (Wildman–Crippen LogP) is 3.90. The second kappa shape index (κ2) is 4.87. The van der Waals surface area contributed by atoms with Gasteiger partial charge in [0.2, 0.25) is 0 Å². The van der Waals surface area contributed by atoms with Crippen LogP contribution < -0.4 is 0 Å². The third kappa shape index (κ3) is 2.82. The molecule has 0 aliphatic rings. The number of aliphatic hydroxyl groups excluding tert-OH is 1. The quantitative estimate of drug-likeness (QED) is 0.911. The number of hydrogen-bond acceptors (Lipinski definition) is 3. The smallest absolute Gasteiger partial charge is 0.381 e. The lowest BCUT2D eigenvalue weighted by molar-refractivity contribution is -0.137. The largest absolute Gasteiger partial charge is 0.416 e. The molecular formula is C11H7ClF3NOS. The molecule has 0 saturated carbocycles. The molecule has 18 heavy (non-hydrogen) atoms. The number of aromatic nitrogens is 1. The molecule has 7 heteroatoms. The van der Waals surface area contributed by atoms with Crippen molar-refractivity contribution in [3.63, 3.8) is 0 Å². The summed E-state index contributed by atoms with van der Waals surface area (Å²) >= 11 is 6.69. The monoisotopic (exact) mass is 293 g/mol. The van der Waals surface area contributed by atoms with E-state index in [1.54, 1.807) is 0 Å². The van der Waals surface area contributed by atoms with Crippen LogP contribution >= 0.6 is 22.9 Å². The predicted molar refractivity (Wildman–Crippen MR) is 62.6 cm³/mol. The average Bonchev–Trinajstić information content (AvgIpc) is 2.74. The van der Waals surface area contributed by atoms with E-state index >= 15 is 0 Å². The highest BCUT2D eigenvalue weighted by Crippen LogP contribution is 2.33. The molecule has 1 aromatic carbocycles. The molecule has 96 valence electrons. The number of halogens is 4. The maximum Gasteiger partial charge on any atom is 0.416 e. The zero-order chi connectivity index (χ0) is 13.3. The molecule has 0 saturated heterocycles. The molecule has 2 aromatic rings. The summed E-state index contributed by atoms with van der Waals surface area (Å²) in [5.41, 5.74) is -0.669. The minimum atomic E-state index is -4.43. The van der Waals surface area contributed by atoms with Crippen molar-refractivity contribution in [3.8, 4) is 0 Å². The van der Waals surface area contributed by atoms with E-state index in [0.717, 1.165) is 23.5 Å². The van der Waals surface area contributed by atoms with Gasteiger partial charge in [0.05, 0.1) is 11.8 Å². The summed E-state index contributed by atoms with van der Waals surface area (Å²) in [6, 6.07) is 4.51. The van der Waals surface area contributed by atoms with E-state index < -0.39 is 17.8 Å². The van der Waals surface area contributed by atoms with Gasteiger partial charge in [-0.15, -0.1) is 11.3 Å². The van der Waals surface area contributed by atoms with Crippen molar-refractivity contribution in [1.29, 1.82) is 0 Å². The van der Waals surface area contributed by atoms with Crippen LogP contribution in [0.2, 0.25) is 4.34 Å². The van der Waals surface area contributed by atoms with E-state index in [9.17, 15) is 18.3 Å². The zero-order valence-corrected chi connectivity index (χ0v) is 10.4. The van der Waals surface area contributed by atoms with E-state index in [4.69, 9.17) is 11.6 Å². The number of alkyl halides is 3. The molecule has 0 bridgehead atoms. The van der Waals surface area contributed by atoms with Crippen molar-refractivity contribution in [2.24, 2.45) is 0 Å². The molecule has 0 amide bonds. The SMILES string of the molecule is OC(c1cccc(C(F)(F)F)c1)c1ncc(Cl)s1. The average molecular weight is 294 g/mol. The molecule has 0 radical (unpaired) electrons. The molecule has 1 unspecified atom stereocenters. The van der Waals surface area contributed by atoms with Gasteiger partial charge in [0, 0.05) is 0 Å². The molecule has 2 nitrogen and oxygen atoms in total. The summed E-state index contributed by atoms with van der Waals surface area (Å²) in [5.74, 6) is 0. The molecule has 1 N–H and O–H groups in total. The Kier molecular flexibility index (Phi) is 3.61. The first-order valence-electron chi connectivity index (χ1n) is 4.84. The van der Waals surface area contributed by atoms with Gasteiger partial charge in [-0.3, -0.25) is 0 Å². The second-order valence-electron chi connectivity index (χ2n) is 3.53. The summed E-state index contributed by atoms with van der Waals surface area (Å²) < 4.78 is 37.9. The maximum atomic E-state index is 12.5. The third-order valence-electron chi connectivity index (χ3n) is 2.26. The van der Waals surface area contributed by atoms with Crippen molar-refractivity contribution >= 4 is 22.9 Å². The second-order valence-corrected chi connectivity index (χ2v) is 5.22. The first-order valence-corrected chi connectivity index (χ1v) is 6.04. The van der Waals surface area contributed by atoms with Gasteiger partial charge in [-0.2, -0.15) is 13.2 Å². The van der Waals surface area contributed by atoms with Crippen LogP contribution in [0.4, 0.5) is 13.2 Å². The van der Waals surface area contributed by atoms with Crippen molar-refractivity contribution in [3.05, 3.63) is 50.9 Å². The Morgan fingerprint density at radius 3 is 2.61 bits per heavy atom. The Morgan fingerprint density at radius 1 is 1.33 bits per heavy atom. The van der Waals surface area contributed by atoms with Crippen LogP contribution in [0.25, 0.3) is 0 Å². The molecule has 1 aromatic heterocycles. The Balaban J connectivity index is 2.34. The van der Waals surface area contributed by atoms with E-state index in [1.807, 2.05) is 0 Å². The number of aliphatic hydroxyl groups is 1. The van der Waals surface area contributed by atoms with Crippen LogP contribution in [0.5, 0.6) is 0 Å².